The van der Waals surface area contributed by atoms with Gasteiger partial charge in [-0.3, -0.25) is 9.59 Å². The number of carbonyl (C=O) groups is 2. The lowest BCUT2D eigenvalue weighted by Crippen LogP contribution is -2.39. The van der Waals surface area contributed by atoms with Crippen LogP contribution in [0.4, 0.5) is 0 Å². The molecule has 2 aliphatic rings. The summed E-state index contributed by atoms with van der Waals surface area (Å²) in [6, 6.07) is 11.7. The highest BCUT2D eigenvalue weighted by Crippen LogP contribution is 2.27. The lowest BCUT2D eigenvalue weighted by Gasteiger charge is -2.30. The molecular weight excluding hydrogens is 352 g/mol. The van der Waals surface area contributed by atoms with Gasteiger partial charge in [-0.15, -0.1) is 0 Å². The number of hydrogen-bond donors (Lipinski definition) is 1. The Kier molecular flexibility index (Phi) is 3.93. The van der Waals surface area contributed by atoms with Gasteiger partial charge in [0.05, 0.1) is 23.0 Å². The minimum absolute atomic E-state index is 0.0421. The Morgan fingerprint density at radius 1 is 1.25 bits per heavy atom. The third-order valence-electron chi connectivity index (χ3n) is 5.81. The van der Waals surface area contributed by atoms with Crippen molar-refractivity contribution < 1.29 is 9.59 Å². The van der Waals surface area contributed by atoms with E-state index in [1.165, 1.54) is 6.42 Å². The Bertz CT molecular complexity index is 1100. The minimum atomic E-state index is -0.0421. The van der Waals surface area contributed by atoms with E-state index < -0.39 is 0 Å². The van der Waals surface area contributed by atoms with Crippen molar-refractivity contribution in [1.82, 2.24) is 19.8 Å². The monoisotopic (exact) mass is 374 g/mol. The second-order valence-corrected chi connectivity index (χ2v) is 7.82. The molecule has 2 aliphatic heterocycles. The number of nitrogens with one attached hydrogen (secondary N) is 1. The molecule has 1 fully saturated rings. The van der Waals surface area contributed by atoms with Crippen molar-refractivity contribution in [2.75, 3.05) is 13.1 Å². The van der Waals surface area contributed by atoms with Gasteiger partial charge in [-0.25, -0.2) is 4.52 Å². The van der Waals surface area contributed by atoms with Crippen molar-refractivity contribution in [1.29, 1.82) is 0 Å². The molecule has 1 N–H and O–H groups in total. The molecule has 2 aromatic heterocycles. The Balaban J connectivity index is 1.55. The quantitative estimate of drug-likeness (QED) is 0.749. The summed E-state index contributed by atoms with van der Waals surface area (Å²) in [6.07, 6.45) is 3.89. The predicted molar refractivity (Wildman–Crippen MR) is 106 cm³/mol. The number of hydrogen-bond acceptors (Lipinski definition) is 3. The third-order valence-corrected chi connectivity index (χ3v) is 5.81. The van der Waals surface area contributed by atoms with Crippen LogP contribution in [0.3, 0.4) is 0 Å². The molecule has 6 heteroatoms. The summed E-state index contributed by atoms with van der Waals surface area (Å²) >= 11 is 0. The van der Waals surface area contributed by atoms with Gasteiger partial charge >= 0.3 is 0 Å². The summed E-state index contributed by atoms with van der Waals surface area (Å²) in [6.45, 7) is 4.38. The van der Waals surface area contributed by atoms with Crippen LogP contribution in [-0.4, -0.2) is 39.4 Å². The van der Waals surface area contributed by atoms with E-state index in [2.05, 4.69) is 17.3 Å². The van der Waals surface area contributed by atoms with Gasteiger partial charge < -0.3 is 10.2 Å². The molecule has 1 atom stereocenters. The van der Waals surface area contributed by atoms with Crippen molar-refractivity contribution in [2.24, 2.45) is 5.92 Å². The normalized spacial score (nSPS) is 19.0. The maximum atomic E-state index is 13.1. The topological polar surface area (TPSA) is 66.7 Å². The summed E-state index contributed by atoms with van der Waals surface area (Å²) < 4.78 is 1.80. The molecule has 5 rings (SSSR count). The summed E-state index contributed by atoms with van der Waals surface area (Å²) in [7, 11) is 0. The van der Waals surface area contributed by atoms with Crippen molar-refractivity contribution in [3.05, 3.63) is 59.3 Å². The van der Waals surface area contributed by atoms with E-state index in [4.69, 9.17) is 0 Å². The van der Waals surface area contributed by atoms with Crippen LogP contribution in [0, 0.1) is 5.92 Å². The number of pyridine rings is 1. The smallest absolute Gasteiger partial charge is 0.257 e. The van der Waals surface area contributed by atoms with Gasteiger partial charge in [0.1, 0.15) is 0 Å². The second-order valence-electron chi connectivity index (χ2n) is 7.82. The summed E-state index contributed by atoms with van der Waals surface area (Å²) in [5.41, 5.74) is 4.93. The lowest BCUT2D eigenvalue weighted by atomic mass is 9.99. The van der Waals surface area contributed by atoms with Crippen molar-refractivity contribution >= 4 is 17.3 Å². The van der Waals surface area contributed by atoms with Crippen LogP contribution in [0.5, 0.6) is 0 Å². The average molecular weight is 374 g/mol. The molecule has 0 radical (unpaired) electrons. The summed E-state index contributed by atoms with van der Waals surface area (Å²) in [5, 5.41) is 7.36. The SMILES string of the molecule is C[C@H]1CCCN(C(=O)c2cnn3c(-c4ccc5c(c4)C(=O)NC5)cccc23)C1. The molecule has 28 heavy (non-hydrogen) atoms. The zero-order valence-corrected chi connectivity index (χ0v) is 15.8. The Morgan fingerprint density at radius 2 is 2.14 bits per heavy atom. The minimum Gasteiger partial charge on any atom is -0.348 e. The molecule has 0 aliphatic carbocycles. The molecule has 1 saturated heterocycles. The fourth-order valence-electron chi connectivity index (χ4n) is 4.31. The van der Waals surface area contributed by atoms with E-state index in [-0.39, 0.29) is 11.8 Å². The van der Waals surface area contributed by atoms with E-state index in [0.717, 1.165) is 41.8 Å². The van der Waals surface area contributed by atoms with Crippen molar-refractivity contribution in [3.63, 3.8) is 0 Å². The van der Waals surface area contributed by atoms with E-state index >= 15 is 0 Å². The van der Waals surface area contributed by atoms with Crippen LogP contribution in [0.2, 0.25) is 0 Å². The first-order valence-corrected chi connectivity index (χ1v) is 9.79. The molecule has 3 aromatic rings. The molecule has 4 heterocycles. The van der Waals surface area contributed by atoms with Gasteiger partial charge in [-0.2, -0.15) is 5.10 Å². The highest BCUT2D eigenvalue weighted by molar-refractivity contribution is 6.01. The number of likely N-dealkylation sites (tertiary alicyclic amines) is 1. The Hall–Kier alpha value is -3.15. The summed E-state index contributed by atoms with van der Waals surface area (Å²) in [5.74, 6) is 0.541. The number of nitrogens with zero attached hydrogens (tertiary/aromatic N) is 3. The third kappa shape index (κ3) is 2.68. The molecule has 6 nitrogen and oxygen atoms in total. The first-order chi connectivity index (χ1) is 13.6. The van der Waals surface area contributed by atoms with Crippen LogP contribution in [-0.2, 0) is 6.54 Å². The van der Waals surface area contributed by atoms with Crippen LogP contribution in [0.25, 0.3) is 16.8 Å². The fourth-order valence-corrected chi connectivity index (χ4v) is 4.31. The second kappa shape index (κ2) is 6.48. The Morgan fingerprint density at radius 3 is 3.00 bits per heavy atom. The standard InChI is InChI=1S/C22H22N4O2/c1-14-4-3-9-25(13-14)22(28)18-12-24-26-19(5-2-6-20(18)26)15-7-8-16-11-23-21(27)17(16)10-15/h2,5-8,10,12,14H,3-4,9,11,13H2,1H3,(H,23,27)/t14-/m0/s1. The first-order valence-electron chi connectivity index (χ1n) is 9.79. The number of aromatic nitrogens is 2. The molecule has 0 unspecified atom stereocenters. The number of piperidine rings is 1. The van der Waals surface area contributed by atoms with E-state index in [0.29, 0.717) is 23.6 Å². The van der Waals surface area contributed by atoms with Crippen LogP contribution >= 0.6 is 0 Å². The highest BCUT2D eigenvalue weighted by Gasteiger charge is 2.25. The van der Waals surface area contributed by atoms with Crippen LogP contribution in [0.1, 0.15) is 46.0 Å². The predicted octanol–water partition coefficient (Wildman–Crippen LogP) is 3.12. The molecule has 1 aromatic carbocycles. The molecule has 142 valence electrons. The van der Waals surface area contributed by atoms with Gasteiger partial charge in [-0.05, 0) is 42.5 Å². The van der Waals surface area contributed by atoms with E-state index in [9.17, 15) is 9.59 Å². The maximum absolute atomic E-state index is 13.1. The van der Waals surface area contributed by atoms with Gasteiger partial charge in [0.15, 0.2) is 0 Å². The number of carbonyl (C=O) groups excluding carboxylic acids is 2. The fraction of sp³-hybridized carbons (Fsp3) is 0.318. The van der Waals surface area contributed by atoms with E-state index in [1.807, 2.05) is 41.3 Å². The molecule has 2 amide bonds. The summed E-state index contributed by atoms with van der Waals surface area (Å²) in [4.78, 5) is 27.1. The lowest BCUT2D eigenvalue weighted by molar-refractivity contribution is 0.0685. The number of benzene rings is 1. The van der Waals surface area contributed by atoms with Crippen molar-refractivity contribution in [2.45, 2.75) is 26.3 Å². The van der Waals surface area contributed by atoms with Gasteiger partial charge in [-0.1, -0.05) is 25.1 Å². The van der Waals surface area contributed by atoms with Gasteiger partial charge in [0, 0.05) is 30.8 Å². The van der Waals surface area contributed by atoms with Gasteiger partial charge in [0.2, 0.25) is 0 Å². The van der Waals surface area contributed by atoms with E-state index in [1.54, 1.807) is 10.7 Å². The average Bonchev–Trinajstić information content (AvgIpc) is 3.31. The zero-order valence-electron chi connectivity index (χ0n) is 15.8. The number of rotatable bonds is 2. The van der Waals surface area contributed by atoms with Crippen molar-refractivity contribution in [3.8, 4) is 11.3 Å². The number of amides is 2. The Labute approximate surface area is 163 Å². The van der Waals surface area contributed by atoms with Gasteiger partial charge in [0.25, 0.3) is 11.8 Å². The highest BCUT2D eigenvalue weighted by atomic mass is 16.2. The van der Waals surface area contributed by atoms with Crippen LogP contribution in [0.15, 0.2) is 42.6 Å². The molecule has 0 saturated carbocycles. The molecule has 0 spiro atoms. The maximum Gasteiger partial charge on any atom is 0.257 e. The largest absolute Gasteiger partial charge is 0.348 e. The molecular formula is C22H22N4O2. The zero-order chi connectivity index (χ0) is 19.3. The number of fused-ring (bicyclic) bond motifs is 2. The first kappa shape index (κ1) is 17.0. The molecule has 0 bridgehead atoms. The van der Waals surface area contributed by atoms with Crippen LogP contribution < -0.4 is 5.32 Å².